The highest BCUT2D eigenvalue weighted by atomic mass is 16.5. The van der Waals surface area contributed by atoms with Crippen molar-refractivity contribution in [1.82, 2.24) is 5.32 Å². The van der Waals surface area contributed by atoms with E-state index in [1.54, 1.807) is 38.5 Å². The van der Waals surface area contributed by atoms with Gasteiger partial charge >= 0.3 is 0 Å². The van der Waals surface area contributed by atoms with Gasteiger partial charge in [0, 0.05) is 18.5 Å². The van der Waals surface area contributed by atoms with Crippen LogP contribution in [0.3, 0.4) is 0 Å². The van der Waals surface area contributed by atoms with Crippen molar-refractivity contribution >= 4 is 5.91 Å². The average Bonchev–Trinajstić information content (AvgIpc) is 2.70. The zero-order valence-electron chi connectivity index (χ0n) is 15.0. The molecule has 0 aromatic heterocycles. The molecule has 0 bridgehead atoms. The lowest BCUT2D eigenvalue weighted by molar-refractivity contribution is -0.123. The predicted molar refractivity (Wildman–Crippen MR) is 97.2 cm³/mol. The van der Waals surface area contributed by atoms with E-state index in [2.05, 4.69) is 5.32 Å². The van der Waals surface area contributed by atoms with E-state index in [4.69, 9.17) is 18.9 Å². The predicted octanol–water partition coefficient (Wildman–Crippen LogP) is 2.45. The van der Waals surface area contributed by atoms with Crippen LogP contribution in [-0.4, -0.2) is 39.9 Å². The number of methoxy groups -OCH3 is 2. The summed E-state index contributed by atoms with van der Waals surface area (Å²) in [4.78, 5) is 12.0. The van der Waals surface area contributed by atoms with Crippen molar-refractivity contribution in [2.75, 3.05) is 34.0 Å². The Hall–Kier alpha value is -2.89. The average molecular weight is 357 g/mol. The van der Waals surface area contributed by atoms with Gasteiger partial charge in [-0.2, -0.15) is 0 Å². The third kappa shape index (κ3) is 4.59. The van der Waals surface area contributed by atoms with Crippen molar-refractivity contribution in [3.8, 4) is 23.0 Å². The van der Waals surface area contributed by atoms with Crippen molar-refractivity contribution in [2.24, 2.45) is 5.92 Å². The highest BCUT2D eigenvalue weighted by molar-refractivity contribution is 5.77. The van der Waals surface area contributed by atoms with Crippen molar-refractivity contribution in [3.05, 3.63) is 48.0 Å². The molecule has 0 fully saturated rings. The molecule has 6 heteroatoms. The lowest BCUT2D eigenvalue weighted by Crippen LogP contribution is -2.37. The summed E-state index contributed by atoms with van der Waals surface area (Å²) in [5.74, 6) is 3.10. The maximum atomic E-state index is 12.0. The SMILES string of the molecule is COc1ccc(OCC(=O)NCC2COc3cc(OC)ccc3C2)cc1. The van der Waals surface area contributed by atoms with Crippen LogP contribution in [0.15, 0.2) is 42.5 Å². The molecule has 1 heterocycles. The Balaban J connectivity index is 1.43. The Bertz CT molecular complexity index is 744. The number of amides is 1. The van der Waals surface area contributed by atoms with Gasteiger partial charge in [0.1, 0.15) is 23.0 Å². The number of fused-ring (bicyclic) bond motifs is 1. The van der Waals surface area contributed by atoms with Crippen LogP contribution >= 0.6 is 0 Å². The molecule has 3 rings (SSSR count). The standard InChI is InChI=1S/C20H23NO5/c1-23-16-5-7-17(8-6-16)25-13-20(22)21-11-14-9-15-3-4-18(24-2)10-19(15)26-12-14/h3-8,10,14H,9,11-13H2,1-2H3,(H,21,22). The molecule has 1 aliphatic heterocycles. The van der Waals surface area contributed by atoms with E-state index in [9.17, 15) is 4.79 Å². The highest BCUT2D eigenvalue weighted by Crippen LogP contribution is 2.30. The minimum Gasteiger partial charge on any atom is -0.497 e. The molecule has 26 heavy (non-hydrogen) atoms. The van der Waals surface area contributed by atoms with Crippen molar-refractivity contribution in [2.45, 2.75) is 6.42 Å². The quantitative estimate of drug-likeness (QED) is 0.825. The molecule has 2 aromatic carbocycles. The molecule has 0 spiro atoms. The molecule has 1 atom stereocenters. The number of ether oxygens (including phenoxy) is 4. The first-order valence-electron chi connectivity index (χ1n) is 8.51. The molecule has 1 aliphatic rings. The first-order chi connectivity index (χ1) is 12.7. The second-order valence-electron chi connectivity index (χ2n) is 6.12. The largest absolute Gasteiger partial charge is 0.497 e. The zero-order chi connectivity index (χ0) is 18.4. The second-order valence-corrected chi connectivity index (χ2v) is 6.12. The molecule has 0 radical (unpaired) electrons. The van der Waals surface area contributed by atoms with Gasteiger partial charge in [-0.3, -0.25) is 4.79 Å². The first kappa shape index (κ1) is 17.9. The fraction of sp³-hybridized carbons (Fsp3) is 0.350. The summed E-state index contributed by atoms with van der Waals surface area (Å²) < 4.78 is 21.6. The zero-order valence-corrected chi connectivity index (χ0v) is 15.0. The molecule has 2 aromatic rings. The fourth-order valence-corrected chi connectivity index (χ4v) is 2.80. The van der Waals surface area contributed by atoms with Gasteiger partial charge in [0.05, 0.1) is 20.8 Å². The maximum absolute atomic E-state index is 12.0. The van der Waals surface area contributed by atoms with Crippen molar-refractivity contribution in [3.63, 3.8) is 0 Å². The summed E-state index contributed by atoms with van der Waals surface area (Å²) in [6.45, 7) is 1.10. The fourth-order valence-electron chi connectivity index (χ4n) is 2.80. The van der Waals surface area contributed by atoms with Crippen LogP contribution in [0.1, 0.15) is 5.56 Å². The highest BCUT2D eigenvalue weighted by Gasteiger charge is 2.21. The molecule has 1 amide bonds. The van der Waals surface area contributed by atoms with Gasteiger partial charge in [-0.25, -0.2) is 0 Å². The number of rotatable bonds is 7. The Morgan fingerprint density at radius 2 is 1.77 bits per heavy atom. The van der Waals surface area contributed by atoms with Gasteiger partial charge in [-0.1, -0.05) is 6.07 Å². The van der Waals surface area contributed by atoms with E-state index in [0.29, 0.717) is 18.9 Å². The van der Waals surface area contributed by atoms with E-state index in [1.165, 1.54) is 0 Å². The molecule has 6 nitrogen and oxygen atoms in total. The molecule has 0 aliphatic carbocycles. The smallest absolute Gasteiger partial charge is 0.257 e. The Morgan fingerprint density at radius 3 is 2.50 bits per heavy atom. The van der Waals surface area contributed by atoms with Crippen LogP contribution in [0.4, 0.5) is 0 Å². The first-order valence-corrected chi connectivity index (χ1v) is 8.51. The minimum atomic E-state index is -0.152. The Labute approximate surface area is 153 Å². The van der Waals surface area contributed by atoms with Gasteiger partial charge < -0.3 is 24.3 Å². The minimum absolute atomic E-state index is 0.0201. The number of nitrogens with one attached hydrogen (secondary N) is 1. The number of hydrogen-bond donors (Lipinski definition) is 1. The molecule has 1 unspecified atom stereocenters. The monoisotopic (exact) mass is 357 g/mol. The molecular weight excluding hydrogens is 334 g/mol. The molecule has 0 saturated heterocycles. The topological polar surface area (TPSA) is 66.0 Å². The second kappa shape index (κ2) is 8.47. The summed E-state index contributed by atoms with van der Waals surface area (Å²) >= 11 is 0. The van der Waals surface area contributed by atoms with Gasteiger partial charge in [0.2, 0.25) is 0 Å². The van der Waals surface area contributed by atoms with Gasteiger partial charge in [-0.05, 0) is 42.3 Å². The van der Waals surface area contributed by atoms with E-state index in [0.717, 1.165) is 29.2 Å². The lowest BCUT2D eigenvalue weighted by Gasteiger charge is -2.25. The van der Waals surface area contributed by atoms with E-state index >= 15 is 0 Å². The maximum Gasteiger partial charge on any atom is 0.257 e. The van der Waals surface area contributed by atoms with Crippen LogP contribution < -0.4 is 24.3 Å². The number of carbonyl (C=O) groups is 1. The van der Waals surface area contributed by atoms with E-state index < -0.39 is 0 Å². The van der Waals surface area contributed by atoms with E-state index in [-0.39, 0.29) is 18.4 Å². The van der Waals surface area contributed by atoms with Crippen molar-refractivity contribution < 1.29 is 23.7 Å². The third-order valence-corrected chi connectivity index (χ3v) is 4.27. The molecular formula is C20H23NO5. The Kier molecular flexibility index (Phi) is 5.84. The van der Waals surface area contributed by atoms with Gasteiger partial charge in [0.15, 0.2) is 6.61 Å². The summed E-state index contributed by atoms with van der Waals surface area (Å²) in [7, 11) is 3.24. The number of hydrogen-bond acceptors (Lipinski definition) is 5. The van der Waals surface area contributed by atoms with Gasteiger partial charge in [-0.15, -0.1) is 0 Å². The normalized spacial score (nSPS) is 15.4. The number of benzene rings is 2. The van der Waals surface area contributed by atoms with Crippen LogP contribution in [0, 0.1) is 5.92 Å². The van der Waals surface area contributed by atoms with Crippen LogP contribution in [0.5, 0.6) is 23.0 Å². The van der Waals surface area contributed by atoms with E-state index in [1.807, 2.05) is 18.2 Å². The summed E-state index contributed by atoms with van der Waals surface area (Å²) in [6, 6.07) is 12.9. The summed E-state index contributed by atoms with van der Waals surface area (Å²) in [6.07, 6.45) is 0.860. The van der Waals surface area contributed by atoms with Crippen molar-refractivity contribution in [1.29, 1.82) is 0 Å². The molecule has 1 N–H and O–H groups in total. The van der Waals surface area contributed by atoms with Crippen LogP contribution in [0.25, 0.3) is 0 Å². The van der Waals surface area contributed by atoms with Gasteiger partial charge in [0.25, 0.3) is 5.91 Å². The van der Waals surface area contributed by atoms with Crippen LogP contribution in [0.2, 0.25) is 0 Å². The van der Waals surface area contributed by atoms with Crippen LogP contribution in [-0.2, 0) is 11.2 Å². The third-order valence-electron chi connectivity index (χ3n) is 4.27. The molecule has 0 saturated carbocycles. The number of carbonyl (C=O) groups excluding carboxylic acids is 1. The summed E-state index contributed by atoms with van der Waals surface area (Å²) in [5.41, 5.74) is 1.13. The Morgan fingerprint density at radius 1 is 1.08 bits per heavy atom. The lowest BCUT2D eigenvalue weighted by atomic mass is 9.96. The molecule has 138 valence electrons. The summed E-state index contributed by atoms with van der Waals surface area (Å²) in [5, 5.41) is 2.91.